The highest BCUT2D eigenvalue weighted by molar-refractivity contribution is 7.13. The highest BCUT2D eigenvalue weighted by Gasteiger charge is 2.24. The molecule has 0 unspecified atom stereocenters. The Labute approximate surface area is 122 Å². The lowest BCUT2D eigenvalue weighted by atomic mass is 10.3. The summed E-state index contributed by atoms with van der Waals surface area (Å²) < 4.78 is 1.95. The van der Waals surface area contributed by atoms with Crippen molar-refractivity contribution in [1.82, 2.24) is 14.5 Å². The molecule has 0 spiro atoms. The molecular formula is C14H18N4OS. The standard InChI is InChI=1S/C14H18N4OS/c1-11-3-4-12(16(11)2)13(19)17-6-8-18(9-7-17)14-15-5-10-20-14/h3-5,10H,6-9H2,1-2H3. The minimum Gasteiger partial charge on any atom is -0.345 e. The number of amides is 1. The number of hydrogen-bond donors (Lipinski definition) is 0. The van der Waals surface area contributed by atoms with Crippen LogP contribution in [-0.4, -0.2) is 46.5 Å². The van der Waals surface area contributed by atoms with Gasteiger partial charge in [0.2, 0.25) is 0 Å². The summed E-state index contributed by atoms with van der Waals surface area (Å²) in [7, 11) is 1.94. The molecule has 20 heavy (non-hydrogen) atoms. The van der Waals surface area contributed by atoms with Gasteiger partial charge in [-0.15, -0.1) is 11.3 Å². The van der Waals surface area contributed by atoms with E-state index in [0.717, 1.165) is 42.7 Å². The Bertz CT molecular complexity index is 597. The quantitative estimate of drug-likeness (QED) is 0.846. The first-order chi connectivity index (χ1) is 9.66. The van der Waals surface area contributed by atoms with Crippen LogP contribution >= 0.6 is 11.3 Å². The third kappa shape index (κ3) is 2.31. The van der Waals surface area contributed by atoms with Gasteiger partial charge in [-0.3, -0.25) is 4.79 Å². The highest BCUT2D eigenvalue weighted by atomic mass is 32.1. The molecule has 1 aliphatic heterocycles. The molecule has 2 aromatic rings. The number of aromatic nitrogens is 2. The topological polar surface area (TPSA) is 41.4 Å². The van der Waals surface area contributed by atoms with E-state index in [1.165, 1.54) is 0 Å². The summed E-state index contributed by atoms with van der Waals surface area (Å²) in [6.07, 6.45) is 1.82. The van der Waals surface area contributed by atoms with Crippen LogP contribution in [0.25, 0.3) is 0 Å². The van der Waals surface area contributed by atoms with Gasteiger partial charge < -0.3 is 14.4 Å². The van der Waals surface area contributed by atoms with E-state index in [1.807, 2.05) is 47.1 Å². The smallest absolute Gasteiger partial charge is 0.270 e. The Morgan fingerprint density at radius 1 is 1.25 bits per heavy atom. The van der Waals surface area contributed by atoms with Crippen LogP contribution in [0.4, 0.5) is 5.13 Å². The summed E-state index contributed by atoms with van der Waals surface area (Å²) >= 11 is 1.65. The van der Waals surface area contributed by atoms with Gasteiger partial charge in [-0.1, -0.05) is 0 Å². The molecule has 1 fully saturated rings. The van der Waals surface area contributed by atoms with Crippen LogP contribution in [0.3, 0.4) is 0 Å². The first-order valence-electron chi connectivity index (χ1n) is 6.73. The Morgan fingerprint density at radius 3 is 2.55 bits per heavy atom. The third-order valence-corrected chi connectivity index (χ3v) is 4.68. The van der Waals surface area contributed by atoms with Crippen molar-refractivity contribution in [1.29, 1.82) is 0 Å². The SMILES string of the molecule is Cc1ccc(C(=O)N2CCN(c3nccs3)CC2)n1C. The molecule has 6 heteroatoms. The fourth-order valence-corrected chi connectivity index (χ4v) is 3.16. The summed E-state index contributed by atoms with van der Waals surface area (Å²) in [6.45, 7) is 5.22. The zero-order chi connectivity index (χ0) is 14.1. The van der Waals surface area contributed by atoms with Crippen molar-refractivity contribution in [2.45, 2.75) is 6.92 Å². The predicted octanol–water partition coefficient (Wildman–Crippen LogP) is 1.75. The minimum atomic E-state index is 0.124. The molecule has 0 N–H and O–H groups in total. The first kappa shape index (κ1) is 13.2. The average Bonchev–Trinajstić information content (AvgIpc) is 3.10. The lowest BCUT2D eigenvalue weighted by molar-refractivity contribution is 0.0737. The van der Waals surface area contributed by atoms with Gasteiger partial charge in [0.05, 0.1) is 0 Å². The van der Waals surface area contributed by atoms with E-state index in [4.69, 9.17) is 0 Å². The second-order valence-electron chi connectivity index (χ2n) is 5.01. The Balaban J connectivity index is 1.66. The summed E-state index contributed by atoms with van der Waals surface area (Å²) in [5.74, 6) is 0.124. The largest absolute Gasteiger partial charge is 0.345 e. The number of carbonyl (C=O) groups excluding carboxylic acids is 1. The molecular weight excluding hydrogens is 272 g/mol. The van der Waals surface area contributed by atoms with E-state index in [-0.39, 0.29) is 5.91 Å². The van der Waals surface area contributed by atoms with E-state index < -0.39 is 0 Å². The predicted molar refractivity (Wildman–Crippen MR) is 80.4 cm³/mol. The fourth-order valence-electron chi connectivity index (χ4n) is 2.46. The number of hydrogen-bond acceptors (Lipinski definition) is 4. The number of aryl methyl sites for hydroxylation is 1. The maximum atomic E-state index is 12.5. The molecule has 3 rings (SSSR count). The van der Waals surface area contributed by atoms with E-state index in [1.54, 1.807) is 11.3 Å². The molecule has 0 aromatic carbocycles. The van der Waals surface area contributed by atoms with Crippen LogP contribution in [-0.2, 0) is 7.05 Å². The third-order valence-electron chi connectivity index (χ3n) is 3.85. The molecule has 0 bridgehead atoms. The van der Waals surface area contributed by atoms with Crippen LogP contribution in [0.2, 0.25) is 0 Å². The van der Waals surface area contributed by atoms with E-state index >= 15 is 0 Å². The molecule has 2 aromatic heterocycles. The molecule has 106 valence electrons. The number of anilines is 1. The second kappa shape index (κ2) is 5.28. The van der Waals surface area contributed by atoms with Crippen molar-refractivity contribution in [2.24, 2.45) is 7.05 Å². The first-order valence-corrected chi connectivity index (χ1v) is 7.61. The zero-order valence-electron chi connectivity index (χ0n) is 11.7. The van der Waals surface area contributed by atoms with Gasteiger partial charge in [0.1, 0.15) is 5.69 Å². The number of rotatable bonds is 2. The van der Waals surface area contributed by atoms with Gasteiger partial charge in [0.25, 0.3) is 5.91 Å². The van der Waals surface area contributed by atoms with Crippen molar-refractivity contribution in [3.8, 4) is 0 Å². The Hall–Kier alpha value is -1.82. The summed E-state index contributed by atoms with van der Waals surface area (Å²) in [6, 6.07) is 3.89. The van der Waals surface area contributed by atoms with Gasteiger partial charge in [-0.25, -0.2) is 4.98 Å². The Kier molecular flexibility index (Phi) is 3.48. The molecule has 3 heterocycles. The maximum Gasteiger partial charge on any atom is 0.270 e. The van der Waals surface area contributed by atoms with Crippen LogP contribution in [0.5, 0.6) is 0 Å². The van der Waals surface area contributed by atoms with Crippen molar-refractivity contribution >= 4 is 22.4 Å². The number of thiazole rings is 1. The molecule has 0 atom stereocenters. The van der Waals surface area contributed by atoms with E-state index in [2.05, 4.69) is 9.88 Å². The molecule has 0 radical (unpaired) electrons. The zero-order valence-corrected chi connectivity index (χ0v) is 12.6. The molecule has 1 aliphatic rings. The lowest BCUT2D eigenvalue weighted by Crippen LogP contribution is -2.49. The number of carbonyl (C=O) groups is 1. The van der Waals surface area contributed by atoms with Crippen molar-refractivity contribution < 1.29 is 4.79 Å². The molecule has 1 amide bonds. The summed E-state index contributed by atoms with van der Waals surface area (Å²) in [4.78, 5) is 21.0. The van der Waals surface area contributed by atoms with Gasteiger partial charge >= 0.3 is 0 Å². The van der Waals surface area contributed by atoms with Crippen LogP contribution < -0.4 is 4.90 Å². The Morgan fingerprint density at radius 2 is 2.00 bits per heavy atom. The van der Waals surface area contributed by atoms with Crippen molar-refractivity contribution in [3.63, 3.8) is 0 Å². The number of piperazine rings is 1. The van der Waals surface area contributed by atoms with Gasteiger partial charge in [0.15, 0.2) is 5.13 Å². The average molecular weight is 290 g/mol. The van der Waals surface area contributed by atoms with Gasteiger partial charge in [-0.2, -0.15) is 0 Å². The molecule has 5 nitrogen and oxygen atoms in total. The second-order valence-corrected chi connectivity index (χ2v) is 5.89. The molecule has 0 aliphatic carbocycles. The van der Waals surface area contributed by atoms with Gasteiger partial charge in [0, 0.05) is 50.5 Å². The molecule has 1 saturated heterocycles. The van der Waals surface area contributed by atoms with Crippen LogP contribution in [0.15, 0.2) is 23.7 Å². The van der Waals surface area contributed by atoms with E-state index in [0.29, 0.717) is 0 Å². The normalized spacial score (nSPS) is 15.7. The van der Waals surface area contributed by atoms with Crippen LogP contribution in [0.1, 0.15) is 16.2 Å². The number of nitrogens with zero attached hydrogens (tertiary/aromatic N) is 4. The summed E-state index contributed by atoms with van der Waals surface area (Å²) in [5, 5.41) is 3.03. The maximum absolute atomic E-state index is 12.5. The van der Waals surface area contributed by atoms with E-state index in [9.17, 15) is 4.79 Å². The summed E-state index contributed by atoms with van der Waals surface area (Å²) in [5.41, 5.74) is 1.87. The van der Waals surface area contributed by atoms with Crippen molar-refractivity contribution in [2.75, 3.05) is 31.1 Å². The molecule has 0 saturated carbocycles. The highest BCUT2D eigenvalue weighted by Crippen LogP contribution is 2.19. The lowest BCUT2D eigenvalue weighted by Gasteiger charge is -2.34. The van der Waals surface area contributed by atoms with Crippen molar-refractivity contribution in [3.05, 3.63) is 35.1 Å². The van der Waals surface area contributed by atoms with Crippen LogP contribution in [0, 0.1) is 6.92 Å². The monoisotopic (exact) mass is 290 g/mol. The fraction of sp³-hybridized carbons (Fsp3) is 0.429. The minimum absolute atomic E-state index is 0.124. The van der Waals surface area contributed by atoms with Gasteiger partial charge in [-0.05, 0) is 19.1 Å².